The zero-order valence-electron chi connectivity index (χ0n) is 10.3. The summed E-state index contributed by atoms with van der Waals surface area (Å²) in [6.45, 7) is 5.49. The van der Waals surface area contributed by atoms with E-state index in [1.54, 1.807) is 4.90 Å². The monoisotopic (exact) mass is 264 g/mol. The lowest BCUT2D eigenvalue weighted by molar-refractivity contribution is -0.138. The summed E-state index contributed by atoms with van der Waals surface area (Å²) in [6.07, 6.45) is 0. The molecule has 1 aliphatic heterocycles. The molecular formula is C10H20N2O4S. The van der Waals surface area contributed by atoms with Crippen LogP contribution in [-0.2, 0) is 14.8 Å². The Morgan fingerprint density at radius 1 is 1.24 bits per heavy atom. The minimum Gasteiger partial charge on any atom is -0.480 e. The highest BCUT2D eigenvalue weighted by Crippen LogP contribution is 2.10. The molecule has 0 atom stereocenters. The van der Waals surface area contributed by atoms with Crippen molar-refractivity contribution in [3.63, 3.8) is 0 Å². The highest BCUT2D eigenvalue weighted by molar-refractivity contribution is 7.89. The van der Waals surface area contributed by atoms with Gasteiger partial charge in [0.25, 0.3) is 0 Å². The van der Waals surface area contributed by atoms with E-state index in [1.165, 1.54) is 4.31 Å². The Labute approximate surface area is 102 Å². The fourth-order valence-electron chi connectivity index (χ4n) is 1.88. The second-order valence-corrected chi connectivity index (χ2v) is 6.75. The van der Waals surface area contributed by atoms with Crippen molar-refractivity contribution in [1.29, 1.82) is 0 Å². The summed E-state index contributed by atoms with van der Waals surface area (Å²) in [5.41, 5.74) is 0. The summed E-state index contributed by atoms with van der Waals surface area (Å²) >= 11 is 0. The van der Waals surface area contributed by atoms with Gasteiger partial charge in [-0.25, -0.2) is 8.42 Å². The van der Waals surface area contributed by atoms with Crippen LogP contribution in [0.3, 0.4) is 0 Å². The van der Waals surface area contributed by atoms with Crippen LogP contribution in [-0.4, -0.2) is 67.2 Å². The molecule has 0 aliphatic carbocycles. The smallest absolute Gasteiger partial charge is 0.317 e. The van der Waals surface area contributed by atoms with E-state index in [1.807, 2.05) is 13.8 Å². The lowest BCUT2D eigenvalue weighted by Gasteiger charge is -2.33. The molecule has 1 saturated heterocycles. The van der Waals surface area contributed by atoms with E-state index in [0.29, 0.717) is 26.2 Å². The van der Waals surface area contributed by atoms with Gasteiger partial charge >= 0.3 is 5.97 Å². The molecule has 0 aromatic carbocycles. The third kappa shape index (κ3) is 4.61. The lowest BCUT2D eigenvalue weighted by atomic mass is 10.3. The van der Waals surface area contributed by atoms with E-state index in [9.17, 15) is 13.2 Å². The van der Waals surface area contributed by atoms with E-state index in [-0.39, 0.29) is 18.2 Å². The van der Waals surface area contributed by atoms with E-state index in [2.05, 4.69) is 0 Å². The second-order valence-electron chi connectivity index (χ2n) is 4.74. The molecule has 0 saturated carbocycles. The van der Waals surface area contributed by atoms with Crippen LogP contribution in [0.4, 0.5) is 0 Å². The van der Waals surface area contributed by atoms with Gasteiger partial charge in [-0.05, 0) is 5.92 Å². The topological polar surface area (TPSA) is 77.9 Å². The van der Waals surface area contributed by atoms with Gasteiger partial charge in [0, 0.05) is 26.2 Å². The predicted octanol–water partition coefficient (Wildman–Crippen LogP) is -0.326. The predicted molar refractivity (Wildman–Crippen MR) is 64.3 cm³/mol. The molecule has 0 bridgehead atoms. The molecule has 1 rings (SSSR count). The minimum absolute atomic E-state index is 0.0158. The maximum atomic E-state index is 11.9. The zero-order valence-corrected chi connectivity index (χ0v) is 11.1. The van der Waals surface area contributed by atoms with Gasteiger partial charge in [0.05, 0.1) is 12.3 Å². The summed E-state index contributed by atoms with van der Waals surface area (Å²) in [5, 5.41) is 8.64. The zero-order chi connectivity index (χ0) is 13.1. The number of aliphatic carboxylic acids is 1. The molecule has 1 aliphatic rings. The largest absolute Gasteiger partial charge is 0.480 e. The van der Waals surface area contributed by atoms with Crippen LogP contribution >= 0.6 is 0 Å². The molecule has 0 radical (unpaired) electrons. The van der Waals surface area contributed by atoms with Crippen LogP contribution < -0.4 is 0 Å². The first-order valence-corrected chi connectivity index (χ1v) is 7.34. The number of nitrogens with zero attached hydrogens (tertiary/aromatic N) is 2. The van der Waals surface area contributed by atoms with Crippen LogP contribution in [0, 0.1) is 5.92 Å². The van der Waals surface area contributed by atoms with Crippen molar-refractivity contribution < 1.29 is 18.3 Å². The van der Waals surface area contributed by atoms with Crippen LogP contribution in [0.5, 0.6) is 0 Å². The van der Waals surface area contributed by atoms with E-state index in [4.69, 9.17) is 5.11 Å². The maximum Gasteiger partial charge on any atom is 0.317 e. The Morgan fingerprint density at radius 3 is 2.18 bits per heavy atom. The first kappa shape index (κ1) is 14.4. The Kier molecular flexibility index (Phi) is 4.91. The fourth-order valence-corrected chi connectivity index (χ4v) is 3.66. The van der Waals surface area contributed by atoms with Gasteiger partial charge in [0.15, 0.2) is 0 Å². The summed E-state index contributed by atoms with van der Waals surface area (Å²) in [5.74, 6) is -0.605. The molecule has 1 heterocycles. The van der Waals surface area contributed by atoms with E-state index < -0.39 is 16.0 Å². The molecule has 0 aromatic rings. The first-order chi connectivity index (χ1) is 7.81. The fraction of sp³-hybridized carbons (Fsp3) is 0.900. The molecule has 0 aromatic heterocycles. The summed E-state index contributed by atoms with van der Waals surface area (Å²) < 4.78 is 25.3. The molecule has 0 amide bonds. The highest BCUT2D eigenvalue weighted by atomic mass is 32.2. The van der Waals surface area contributed by atoms with Crippen LogP contribution in [0.15, 0.2) is 0 Å². The van der Waals surface area contributed by atoms with Gasteiger partial charge in [0.1, 0.15) is 0 Å². The summed E-state index contributed by atoms with van der Waals surface area (Å²) in [4.78, 5) is 12.3. The third-order valence-corrected chi connectivity index (χ3v) is 4.87. The van der Waals surface area contributed by atoms with Crippen molar-refractivity contribution in [2.24, 2.45) is 5.92 Å². The summed E-state index contributed by atoms with van der Waals surface area (Å²) in [6, 6.07) is 0. The number of piperazine rings is 1. The van der Waals surface area contributed by atoms with Gasteiger partial charge in [-0.15, -0.1) is 0 Å². The highest BCUT2D eigenvalue weighted by Gasteiger charge is 2.27. The number of hydrogen-bond donors (Lipinski definition) is 1. The molecule has 1 fully saturated rings. The van der Waals surface area contributed by atoms with Gasteiger partial charge in [-0.2, -0.15) is 4.31 Å². The normalized spacial score (nSPS) is 19.7. The number of rotatable bonds is 5. The second kappa shape index (κ2) is 5.79. The number of carboxylic acid groups (broad SMARTS) is 1. The standard InChI is InChI=1S/C10H20N2O4S/c1-9(2)8-17(15,16)12-5-3-11(4-6-12)7-10(13)14/h9H,3-8H2,1-2H3,(H,13,14). The van der Waals surface area contributed by atoms with Crippen LogP contribution in [0.25, 0.3) is 0 Å². The average Bonchev–Trinajstić information content (AvgIpc) is 2.15. The SMILES string of the molecule is CC(C)CS(=O)(=O)N1CCN(CC(=O)O)CC1. The van der Waals surface area contributed by atoms with E-state index in [0.717, 1.165) is 0 Å². The Balaban J connectivity index is 2.49. The third-order valence-electron chi connectivity index (χ3n) is 2.63. The summed E-state index contributed by atoms with van der Waals surface area (Å²) in [7, 11) is -3.18. The van der Waals surface area contributed by atoms with Gasteiger partial charge in [-0.1, -0.05) is 13.8 Å². The minimum atomic E-state index is -3.18. The molecular weight excluding hydrogens is 244 g/mol. The van der Waals surface area contributed by atoms with Crippen molar-refractivity contribution in [3.8, 4) is 0 Å². The molecule has 0 unspecified atom stereocenters. The van der Waals surface area contributed by atoms with Gasteiger partial charge in [0.2, 0.25) is 10.0 Å². The molecule has 17 heavy (non-hydrogen) atoms. The van der Waals surface area contributed by atoms with Gasteiger partial charge < -0.3 is 5.11 Å². The molecule has 1 N–H and O–H groups in total. The molecule has 7 heteroatoms. The number of hydrogen-bond acceptors (Lipinski definition) is 4. The van der Waals surface area contributed by atoms with Crippen LogP contribution in [0.2, 0.25) is 0 Å². The van der Waals surface area contributed by atoms with Crippen molar-refractivity contribution in [2.75, 3.05) is 38.5 Å². The van der Waals surface area contributed by atoms with Crippen molar-refractivity contribution >= 4 is 16.0 Å². The van der Waals surface area contributed by atoms with Crippen molar-refractivity contribution in [3.05, 3.63) is 0 Å². The Hall–Kier alpha value is -0.660. The van der Waals surface area contributed by atoms with Crippen molar-refractivity contribution in [2.45, 2.75) is 13.8 Å². The first-order valence-electron chi connectivity index (χ1n) is 5.73. The Morgan fingerprint density at radius 2 is 1.76 bits per heavy atom. The molecule has 100 valence electrons. The van der Waals surface area contributed by atoms with Crippen LogP contribution in [0.1, 0.15) is 13.8 Å². The maximum absolute atomic E-state index is 11.9. The number of carbonyl (C=O) groups is 1. The van der Waals surface area contributed by atoms with Crippen molar-refractivity contribution in [1.82, 2.24) is 9.21 Å². The molecule has 6 nitrogen and oxygen atoms in total. The van der Waals surface area contributed by atoms with Gasteiger partial charge in [-0.3, -0.25) is 9.69 Å². The Bertz CT molecular complexity index is 359. The lowest BCUT2D eigenvalue weighted by Crippen LogP contribution is -2.50. The quantitative estimate of drug-likeness (QED) is 0.736. The number of carboxylic acids is 1. The number of sulfonamides is 1. The molecule has 0 spiro atoms. The van der Waals surface area contributed by atoms with E-state index >= 15 is 0 Å². The average molecular weight is 264 g/mol.